The smallest absolute Gasteiger partial charge is 0.199 e. The monoisotopic (exact) mass is 888 g/mol. The molecule has 0 fully saturated rings. The first-order chi connectivity index (χ1) is 33.4. The Morgan fingerprint density at radius 1 is 0.559 bits per heavy atom. The van der Waals surface area contributed by atoms with Crippen molar-refractivity contribution in [2.24, 2.45) is 0 Å². The fraction of sp³-hybridized carbons (Fsp3) is 0.0417. The normalized spacial score (nSPS) is 11.1. The Kier molecular flexibility index (Phi) is 10.1. The lowest BCUT2D eigenvalue weighted by atomic mass is 10.0. The molecule has 12 rings (SSSR count). The maximum atomic E-state index is 9.37. The number of aromatic nitrogens is 16. The van der Waals surface area contributed by atoms with E-state index < -0.39 is 0 Å². The number of nitriles is 2. The summed E-state index contributed by atoms with van der Waals surface area (Å²) in [6.07, 6.45) is 9.97. The molecule has 0 saturated carbocycles. The van der Waals surface area contributed by atoms with Crippen molar-refractivity contribution in [3.8, 4) is 57.4 Å². The van der Waals surface area contributed by atoms with Crippen LogP contribution in [0.5, 0.6) is 0 Å². The topological polar surface area (TPSA) is 273 Å². The second-order valence-corrected chi connectivity index (χ2v) is 15.2. The second-order valence-electron chi connectivity index (χ2n) is 15.2. The van der Waals surface area contributed by atoms with Crippen LogP contribution in [0.2, 0.25) is 0 Å². The SMILES string of the molecule is N#Cc1cccc(-c2nc(N)c3nc(Cn4cc5ccccc5n4)nn3c2-c2ccncn2)c1.N#Cc1cccc(-c2nc(N)c3nc(Cn4ncc5ccccc54)nn3c2-c2ccncn2)c1. The van der Waals surface area contributed by atoms with E-state index in [-0.39, 0.29) is 11.6 Å². The van der Waals surface area contributed by atoms with E-state index >= 15 is 0 Å². The predicted octanol–water partition coefficient (Wildman–Crippen LogP) is 6.20. The van der Waals surface area contributed by atoms with Crippen LogP contribution in [-0.4, -0.2) is 78.7 Å². The van der Waals surface area contributed by atoms with Gasteiger partial charge in [-0.1, -0.05) is 60.7 Å². The number of hydrogen-bond donors (Lipinski definition) is 2. The Morgan fingerprint density at radius 2 is 1.12 bits per heavy atom. The Labute approximate surface area is 384 Å². The zero-order valence-electron chi connectivity index (χ0n) is 35.5. The van der Waals surface area contributed by atoms with Gasteiger partial charge in [0.2, 0.25) is 0 Å². The standard InChI is InChI=1S/2C24H16N10/c25-11-15-4-3-6-16(10-15)21-22(18-8-9-27-14-28-18)34-24(23(26)31-21)30-20(32-34)13-33-19-7-2-1-5-17(19)12-29-33;25-11-15-4-3-6-16(10-15)21-22(19-8-9-27-14-28-19)34-24(23(26)30-21)29-20(32-34)13-33-12-17-5-1-2-7-18(17)31-33/h1-10,12,14H,13H2,(H2,26,31);1-10,12,14H,13H2,(H2,26,30). The molecule has 8 aromatic heterocycles. The molecule has 0 spiro atoms. The minimum atomic E-state index is 0.222. The number of anilines is 2. The molecule has 12 aromatic rings. The Balaban J connectivity index is 0.000000149. The van der Waals surface area contributed by atoms with Crippen molar-refractivity contribution in [1.82, 2.24) is 78.7 Å². The largest absolute Gasteiger partial charge is 0.381 e. The number of fused-ring (bicyclic) bond motifs is 4. The number of hydrogen-bond acceptors (Lipinski definition) is 16. The van der Waals surface area contributed by atoms with Gasteiger partial charge in [-0.3, -0.25) is 9.36 Å². The summed E-state index contributed by atoms with van der Waals surface area (Å²) in [5, 5.41) is 39.4. The first-order valence-corrected chi connectivity index (χ1v) is 20.9. The Hall–Kier alpha value is -10.3. The van der Waals surface area contributed by atoms with Crippen LogP contribution in [0.1, 0.15) is 22.8 Å². The summed E-state index contributed by atoms with van der Waals surface area (Å²) in [5.74, 6) is 1.50. The zero-order valence-corrected chi connectivity index (χ0v) is 35.5. The van der Waals surface area contributed by atoms with E-state index in [9.17, 15) is 10.5 Å². The van der Waals surface area contributed by atoms with Crippen LogP contribution in [0.15, 0.2) is 147 Å². The predicted molar refractivity (Wildman–Crippen MR) is 250 cm³/mol. The maximum Gasteiger partial charge on any atom is 0.199 e. The minimum Gasteiger partial charge on any atom is -0.381 e. The highest BCUT2D eigenvalue weighted by atomic mass is 15.4. The maximum absolute atomic E-state index is 9.37. The molecule has 0 bridgehead atoms. The van der Waals surface area contributed by atoms with Gasteiger partial charge in [-0.05, 0) is 48.5 Å². The highest BCUT2D eigenvalue weighted by Crippen LogP contribution is 2.34. The molecule has 4 aromatic carbocycles. The van der Waals surface area contributed by atoms with E-state index in [2.05, 4.69) is 62.2 Å². The number of rotatable bonds is 8. The summed E-state index contributed by atoms with van der Waals surface area (Å²) in [5.41, 5.74) is 21.3. The van der Waals surface area contributed by atoms with Crippen molar-refractivity contribution >= 4 is 44.7 Å². The zero-order chi connectivity index (χ0) is 46.1. The Bertz CT molecular complexity index is 3890. The highest BCUT2D eigenvalue weighted by molar-refractivity contribution is 5.84. The van der Waals surface area contributed by atoms with Crippen LogP contribution >= 0.6 is 0 Å². The lowest BCUT2D eigenvalue weighted by molar-refractivity contribution is 0.661. The van der Waals surface area contributed by atoms with E-state index in [0.29, 0.717) is 81.3 Å². The van der Waals surface area contributed by atoms with Gasteiger partial charge in [-0.15, -0.1) is 10.2 Å². The van der Waals surface area contributed by atoms with Gasteiger partial charge in [0, 0.05) is 40.5 Å². The van der Waals surface area contributed by atoms with Gasteiger partial charge in [0.15, 0.2) is 34.6 Å². The Morgan fingerprint density at radius 3 is 1.68 bits per heavy atom. The average Bonchev–Trinajstić information content (AvgIpc) is 4.20. The molecule has 20 heteroatoms. The summed E-state index contributed by atoms with van der Waals surface area (Å²) < 4.78 is 6.94. The van der Waals surface area contributed by atoms with Crippen molar-refractivity contribution in [3.63, 3.8) is 0 Å². The molecular formula is C48H32N20. The van der Waals surface area contributed by atoms with E-state index in [1.165, 1.54) is 12.7 Å². The summed E-state index contributed by atoms with van der Waals surface area (Å²) in [4.78, 5) is 35.5. The van der Waals surface area contributed by atoms with Crippen LogP contribution in [0.25, 0.3) is 78.4 Å². The number of nitrogens with two attached hydrogens (primary N) is 2. The highest BCUT2D eigenvalue weighted by Gasteiger charge is 2.23. The molecule has 324 valence electrons. The molecule has 0 atom stereocenters. The number of nitrogens with zero attached hydrogens (tertiary/aromatic N) is 18. The molecule has 20 nitrogen and oxygen atoms in total. The lowest BCUT2D eigenvalue weighted by Gasteiger charge is -2.11. The second kappa shape index (κ2) is 17.0. The van der Waals surface area contributed by atoms with Crippen molar-refractivity contribution in [1.29, 1.82) is 10.5 Å². The van der Waals surface area contributed by atoms with Gasteiger partial charge in [0.05, 0.1) is 51.9 Å². The number of para-hydroxylation sites is 1. The van der Waals surface area contributed by atoms with Crippen molar-refractivity contribution < 1.29 is 0 Å². The number of nitrogen functional groups attached to an aromatic ring is 2. The molecule has 0 radical (unpaired) electrons. The summed E-state index contributed by atoms with van der Waals surface area (Å²) >= 11 is 0. The third kappa shape index (κ3) is 7.52. The van der Waals surface area contributed by atoms with Crippen molar-refractivity contribution in [2.75, 3.05) is 11.5 Å². The van der Waals surface area contributed by atoms with E-state index in [1.54, 1.807) is 74.6 Å². The van der Waals surface area contributed by atoms with Crippen LogP contribution in [-0.2, 0) is 13.1 Å². The summed E-state index contributed by atoms with van der Waals surface area (Å²) in [6, 6.07) is 38.0. The molecule has 8 heterocycles. The van der Waals surface area contributed by atoms with E-state index in [0.717, 1.165) is 32.9 Å². The van der Waals surface area contributed by atoms with Crippen LogP contribution in [0, 0.1) is 22.7 Å². The molecular weight excluding hydrogens is 857 g/mol. The van der Waals surface area contributed by atoms with Gasteiger partial charge in [0.1, 0.15) is 48.5 Å². The van der Waals surface area contributed by atoms with Crippen molar-refractivity contribution in [3.05, 3.63) is 169 Å². The molecule has 4 N–H and O–H groups in total. The third-order valence-corrected chi connectivity index (χ3v) is 10.9. The van der Waals surface area contributed by atoms with Gasteiger partial charge in [-0.2, -0.15) is 20.7 Å². The molecule has 0 saturated heterocycles. The van der Waals surface area contributed by atoms with Gasteiger partial charge in [-0.25, -0.2) is 48.9 Å². The molecule has 0 amide bonds. The molecule has 68 heavy (non-hydrogen) atoms. The quantitative estimate of drug-likeness (QED) is 0.172. The fourth-order valence-electron chi connectivity index (χ4n) is 7.86. The van der Waals surface area contributed by atoms with Crippen LogP contribution in [0.4, 0.5) is 11.6 Å². The fourth-order valence-corrected chi connectivity index (χ4v) is 7.86. The van der Waals surface area contributed by atoms with E-state index in [1.807, 2.05) is 77.7 Å². The van der Waals surface area contributed by atoms with Crippen molar-refractivity contribution in [2.45, 2.75) is 13.1 Å². The average molecular weight is 889 g/mol. The molecule has 0 unspecified atom stereocenters. The van der Waals surface area contributed by atoms with Gasteiger partial charge in [0.25, 0.3) is 0 Å². The molecule has 0 aliphatic rings. The summed E-state index contributed by atoms with van der Waals surface area (Å²) in [6.45, 7) is 0.718. The minimum absolute atomic E-state index is 0.222. The van der Waals surface area contributed by atoms with Gasteiger partial charge >= 0.3 is 0 Å². The molecule has 0 aliphatic heterocycles. The van der Waals surface area contributed by atoms with E-state index in [4.69, 9.17) is 21.7 Å². The third-order valence-electron chi connectivity index (χ3n) is 10.9. The lowest BCUT2D eigenvalue weighted by Crippen LogP contribution is -2.06. The molecule has 0 aliphatic carbocycles. The van der Waals surface area contributed by atoms with Crippen LogP contribution < -0.4 is 11.5 Å². The van der Waals surface area contributed by atoms with Crippen LogP contribution in [0.3, 0.4) is 0 Å². The van der Waals surface area contributed by atoms with Gasteiger partial charge < -0.3 is 11.5 Å². The first-order valence-electron chi connectivity index (χ1n) is 20.9. The first kappa shape index (κ1) is 40.4. The number of benzene rings is 4. The summed E-state index contributed by atoms with van der Waals surface area (Å²) in [7, 11) is 0.